The highest BCUT2D eigenvalue weighted by Crippen LogP contribution is 2.25. The van der Waals surface area contributed by atoms with E-state index in [0.717, 1.165) is 40.7 Å². The lowest BCUT2D eigenvalue weighted by Crippen LogP contribution is -2.37. The summed E-state index contributed by atoms with van der Waals surface area (Å²) in [5.74, 6) is 0. The number of aromatic nitrogens is 4. The molecule has 7 nitrogen and oxygen atoms in total. The van der Waals surface area contributed by atoms with E-state index in [4.69, 9.17) is 4.74 Å². The first-order valence-electron chi connectivity index (χ1n) is 7.47. The van der Waals surface area contributed by atoms with Crippen molar-refractivity contribution in [1.82, 2.24) is 20.0 Å². The molecule has 1 aliphatic carbocycles. The van der Waals surface area contributed by atoms with Gasteiger partial charge in [-0.25, -0.2) is 4.68 Å². The highest BCUT2D eigenvalue weighted by Gasteiger charge is 2.32. The molecule has 2 unspecified atom stereocenters. The van der Waals surface area contributed by atoms with Crippen molar-refractivity contribution >= 4 is 16.5 Å². The summed E-state index contributed by atoms with van der Waals surface area (Å²) in [7, 11) is 0. The molecule has 22 heavy (non-hydrogen) atoms. The van der Waals surface area contributed by atoms with Crippen LogP contribution in [0.5, 0.6) is 0 Å². The Morgan fingerprint density at radius 1 is 1.36 bits per heavy atom. The van der Waals surface area contributed by atoms with Crippen LogP contribution >= 0.6 is 11.3 Å². The molecule has 2 aromatic heterocycles. The first-order valence-corrected chi connectivity index (χ1v) is 8.28. The number of nitrogens with one attached hydrogen (secondary N) is 1. The Morgan fingerprint density at radius 3 is 3.09 bits per heavy atom. The van der Waals surface area contributed by atoms with Crippen molar-refractivity contribution in [3.05, 3.63) is 32.7 Å². The van der Waals surface area contributed by atoms with Gasteiger partial charge in [0.05, 0.1) is 24.9 Å². The largest absolute Gasteiger partial charge is 0.377 e. The van der Waals surface area contributed by atoms with E-state index in [9.17, 15) is 4.79 Å². The average Bonchev–Trinajstić information content (AvgIpc) is 3.20. The van der Waals surface area contributed by atoms with Crippen LogP contribution in [0.1, 0.15) is 28.7 Å². The predicted molar refractivity (Wildman–Crippen MR) is 82.4 cm³/mol. The van der Waals surface area contributed by atoms with Gasteiger partial charge in [0.1, 0.15) is 11.0 Å². The van der Waals surface area contributed by atoms with Gasteiger partial charge >= 0.3 is 0 Å². The maximum absolute atomic E-state index is 12.4. The van der Waals surface area contributed by atoms with Gasteiger partial charge in [-0.15, -0.1) is 10.2 Å². The third kappa shape index (κ3) is 2.42. The summed E-state index contributed by atoms with van der Waals surface area (Å²) >= 11 is 1.50. The van der Waals surface area contributed by atoms with E-state index in [-0.39, 0.29) is 17.6 Å². The monoisotopic (exact) mass is 319 g/mol. The molecule has 0 aromatic carbocycles. The summed E-state index contributed by atoms with van der Waals surface area (Å²) in [5.41, 5.74) is 2.11. The zero-order chi connectivity index (χ0) is 15.1. The van der Waals surface area contributed by atoms with Crippen LogP contribution in [0.25, 0.3) is 0 Å². The Balaban J connectivity index is 1.62. The first-order chi connectivity index (χ1) is 10.7. The Kier molecular flexibility index (Phi) is 3.42. The molecule has 1 fully saturated rings. The summed E-state index contributed by atoms with van der Waals surface area (Å²) in [6.07, 6.45) is 3.00. The minimum absolute atomic E-state index is 0.0167. The van der Waals surface area contributed by atoms with E-state index in [2.05, 4.69) is 20.6 Å². The van der Waals surface area contributed by atoms with Crippen molar-refractivity contribution in [2.24, 2.45) is 0 Å². The third-order valence-electron chi connectivity index (χ3n) is 4.18. The van der Waals surface area contributed by atoms with Crippen LogP contribution in [0.2, 0.25) is 0 Å². The Morgan fingerprint density at radius 2 is 2.27 bits per heavy atom. The zero-order valence-corrected chi connectivity index (χ0v) is 13.1. The molecule has 1 aliphatic heterocycles. The maximum atomic E-state index is 12.4. The van der Waals surface area contributed by atoms with Gasteiger partial charge in [-0.2, -0.15) is 5.10 Å². The van der Waals surface area contributed by atoms with E-state index in [1.165, 1.54) is 11.3 Å². The minimum Gasteiger partial charge on any atom is -0.377 e. The molecule has 1 N–H and O–H groups in total. The molecule has 2 atom stereocenters. The Bertz CT molecular complexity index is 756. The summed E-state index contributed by atoms with van der Waals surface area (Å²) in [6, 6.07) is 1.61. The molecule has 2 aliphatic rings. The lowest BCUT2D eigenvalue weighted by molar-refractivity contribution is 0.182. The second-order valence-corrected chi connectivity index (χ2v) is 6.92. The van der Waals surface area contributed by atoms with Gasteiger partial charge in [-0.3, -0.25) is 4.79 Å². The van der Waals surface area contributed by atoms with Crippen LogP contribution < -0.4 is 10.9 Å². The van der Waals surface area contributed by atoms with Gasteiger partial charge in [0, 0.05) is 6.07 Å². The maximum Gasteiger partial charge on any atom is 0.267 e. The van der Waals surface area contributed by atoms with E-state index in [1.807, 2.05) is 6.92 Å². The fraction of sp³-hybridized carbons (Fsp3) is 0.571. The van der Waals surface area contributed by atoms with Gasteiger partial charge < -0.3 is 10.1 Å². The van der Waals surface area contributed by atoms with Crippen LogP contribution in [-0.4, -0.2) is 39.2 Å². The number of anilines is 1. The third-order valence-corrected chi connectivity index (χ3v) is 4.95. The highest BCUT2D eigenvalue weighted by molar-refractivity contribution is 7.15. The van der Waals surface area contributed by atoms with Crippen LogP contribution in [0, 0.1) is 6.92 Å². The fourth-order valence-electron chi connectivity index (χ4n) is 3.09. The van der Waals surface area contributed by atoms with Gasteiger partial charge in [0.25, 0.3) is 5.56 Å². The van der Waals surface area contributed by atoms with E-state index in [1.54, 1.807) is 10.7 Å². The quantitative estimate of drug-likeness (QED) is 0.907. The van der Waals surface area contributed by atoms with Gasteiger partial charge in [-0.05, 0) is 31.7 Å². The number of rotatable bonds is 3. The smallest absolute Gasteiger partial charge is 0.267 e. The standard InChI is InChI=1S/C14H17N5O2S/c1-8-16-17-14(22-8)15-11-6-21-7-12(11)19-13(20)5-9-3-2-4-10(9)18-19/h5,11-12H,2-4,6-7H2,1H3,(H,15,17). The molecule has 0 saturated carbocycles. The van der Waals surface area contributed by atoms with Crippen LogP contribution in [0.3, 0.4) is 0 Å². The van der Waals surface area contributed by atoms with Gasteiger partial charge in [0.2, 0.25) is 5.13 Å². The topological polar surface area (TPSA) is 81.9 Å². The van der Waals surface area contributed by atoms with E-state index in [0.29, 0.717) is 13.2 Å². The minimum atomic E-state index is -0.109. The number of nitrogens with zero attached hydrogens (tertiary/aromatic N) is 4. The molecular formula is C14H17N5O2S. The number of aryl methyl sites for hydroxylation is 3. The molecule has 0 radical (unpaired) electrons. The molecule has 116 valence electrons. The van der Waals surface area contributed by atoms with Crippen molar-refractivity contribution in [2.45, 2.75) is 38.3 Å². The molecule has 4 rings (SSSR count). The molecule has 3 heterocycles. The van der Waals surface area contributed by atoms with Crippen LogP contribution in [-0.2, 0) is 17.6 Å². The molecule has 2 aromatic rings. The molecule has 0 amide bonds. The second kappa shape index (κ2) is 5.44. The SMILES string of the molecule is Cc1nnc(NC2COCC2n2nc3c(cc2=O)CCC3)s1. The normalized spacial score (nSPS) is 23.7. The van der Waals surface area contributed by atoms with E-state index >= 15 is 0 Å². The molecule has 0 bridgehead atoms. The van der Waals surface area contributed by atoms with Crippen molar-refractivity contribution < 1.29 is 4.74 Å². The number of fused-ring (bicyclic) bond motifs is 1. The van der Waals surface area contributed by atoms with Crippen molar-refractivity contribution in [1.29, 1.82) is 0 Å². The Labute approximate surface area is 131 Å². The average molecular weight is 319 g/mol. The Hall–Kier alpha value is -1.80. The molecule has 0 spiro atoms. The summed E-state index contributed by atoms with van der Waals surface area (Å²) in [5, 5.41) is 17.7. The van der Waals surface area contributed by atoms with Crippen molar-refractivity contribution in [3.8, 4) is 0 Å². The number of hydrogen-bond donors (Lipinski definition) is 1. The van der Waals surface area contributed by atoms with Crippen LogP contribution in [0.4, 0.5) is 5.13 Å². The second-order valence-electron chi connectivity index (χ2n) is 5.73. The lowest BCUT2D eigenvalue weighted by Gasteiger charge is -2.20. The summed E-state index contributed by atoms with van der Waals surface area (Å²) < 4.78 is 7.16. The zero-order valence-electron chi connectivity index (χ0n) is 12.3. The molecule has 1 saturated heterocycles. The van der Waals surface area contributed by atoms with Crippen molar-refractivity contribution in [3.63, 3.8) is 0 Å². The number of ether oxygens (including phenoxy) is 1. The summed E-state index contributed by atoms with van der Waals surface area (Å²) in [4.78, 5) is 12.4. The highest BCUT2D eigenvalue weighted by atomic mass is 32.1. The molecule has 8 heteroatoms. The van der Waals surface area contributed by atoms with E-state index < -0.39 is 0 Å². The van der Waals surface area contributed by atoms with Crippen LogP contribution in [0.15, 0.2) is 10.9 Å². The van der Waals surface area contributed by atoms with Gasteiger partial charge in [0.15, 0.2) is 0 Å². The number of hydrogen-bond acceptors (Lipinski definition) is 7. The fourth-order valence-corrected chi connectivity index (χ4v) is 3.74. The summed E-state index contributed by atoms with van der Waals surface area (Å²) in [6.45, 7) is 2.94. The van der Waals surface area contributed by atoms with Crippen molar-refractivity contribution in [2.75, 3.05) is 18.5 Å². The first kappa shape index (κ1) is 13.8. The molecular weight excluding hydrogens is 302 g/mol. The predicted octanol–water partition coefficient (Wildman–Crippen LogP) is 0.944. The van der Waals surface area contributed by atoms with Gasteiger partial charge in [-0.1, -0.05) is 11.3 Å². The lowest BCUT2D eigenvalue weighted by atomic mass is 10.1.